The van der Waals surface area contributed by atoms with Gasteiger partial charge in [0.2, 0.25) is 0 Å². The minimum absolute atomic E-state index is 0.0348. The van der Waals surface area contributed by atoms with Gasteiger partial charge in [-0.1, -0.05) is 79.1 Å². The third-order valence-corrected chi connectivity index (χ3v) is 5.04. The van der Waals surface area contributed by atoms with E-state index in [0.29, 0.717) is 0 Å². The monoisotopic (exact) mass is 370 g/mol. The average molecular weight is 371 g/mol. The molecule has 0 radical (unpaired) electrons. The molecule has 0 aliphatic carbocycles. The van der Waals surface area contributed by atoms with Gasteiger partial charge < -0.3 is 9.47 Å². The Kier molecular flexibility index (Phi) is 18.5. The molecule has 3 heteroatoms. The van der Waals surface area contributed by atoms with E-state index in [-0.39, 0.29) is 12.2 Å². The van der Waals surface area contributed by atoms with Gasteiger partial charge in [-0.05, 0) is 51.4 Å². The summed E-state index contributed by atoms with van der Waals surface area (Å²) >= 11 is 0. The number of carbonyl (C=O) groups is 1. The fourth-order valence-corrected chi connectivity index (χ4v) is 3.31. The summed E-state index contributed by atoms with van der Waals surface area (Å²) in [4.78, 5) is 12.4. The summed E-state index contributed by atoms with van der Waals surface area (Å²) in [6, 6.07) is 0. The van der Waals surface area contributed by atoms with Crippen LogP contribution in [0.15, 0.2) is 0 Å². The summed E-state index contributed by atoms with van der Waals surface area (Å²) in [5, 5.41) is 0. The maximum atomic E-state index is 12.4. The van der Waals surface area contributed by atoms with Crippen molar-refractivity contribution in [3.05, 3.63) is 0 Å². The highest BCUT2D eigenvalue weighted by molar-refractivity contribution is 5.60. The average Bonchev–Trinajstić information content (AvgIpc) is 2.62. The zero-order valence-corrected chi connectivity index (χ0v) is 18.2. The van der Waals surface area contributed by atoms with E-state index in [1.165, 1.54) is 51.4 Å². The Hall–Kier alpha value is -0.730. The van der Waals surface area contributed by atoms with E-state index >= 15 is 0 Å². The SMILES string of the molecule is CCCCCC(CCCCC)OC(=O)OC(CCCCC)CCCCC. The van der Waals surface area contributed by atoms with E-state index < -0.39 is 6.16 Å². The van der Waals surface area contributed by atoms with Gasteiger partial charge in [-0.2, -0.15) is 0 Å². The van der Waals surface area contributed by atoms with Crippen LogP contribution in [0.4, 0.5) is 4.79 Å². The van der Waals surface area contributed by atoms with Crippen LogP contribution in [-0.4, -0.2) is 18.4 Å². The predicted octanol–water partition coefficient (Wildman–Crippen LogP) is 8.20. The molecule has 0 saturated carbocycles. The number of rotatable bonds is 18. The van der Waals surface area contributed by atoms with Crippen molar-refractivity contribution in [2.45, 2.75) is 143 Å². The molecule has 156 valence electrons. The summed E-state index contributed by atoms with van der Waals surface area (Å²) in [6.45, 7) is 8.83. The van der Waals surface area contributed by atoms with Gasteiger partial charge in [0, 0.05) is 0 Å². The van der Waals surface area contributed by atoms with E-state index in [2.05, 4.69) is 27.7 Å². The number of ether oxygens (including phenoxy) is 2. The Labute approximate surface area is 163 Å². The summed E-state index contributed by atoms with van der Waals surface area (Å²) < 4.78 is 11.5. The van der Waals surface area contributed by atoms with E-state index in [1.807, 2.05) is 0 Å². The minimum Gasteiger partial charge on any atom is -0.431 e. The van der Waals surface area contributed by atoms with Crippen molar-refractivity contribution in [3.63, 3.8) is 0 Å². The molecule has 0 rings (SSSR count). The van der Waals surface area contributed by atoms with Crippen molar-refractivity contribution >= 4 is 6.16 Å². The molecule has 0 amide bonds. The van der Waals surface area contributed by atoms with E-state index in [0.717, 1.165) is 51.4 Å². The minimum atomic E-state index is -0.430. The second-order valence-electron chi connectivity index (χ2n) is 7.71. The molecule has 0 aliphatic heterocycles. The lowest BCUT2D eigenvalue weighted by Crippen LogP contribution is -2.24. The Morgan fingerprint density at radius 2 is 0.808 bits per heavy atom. The molecule has 0 heterocycles. The Balaban J connectivity index is 4.41. The van der Waals surface area contributed by atoms with Crippen molar-refractivity contribution in [1.29, 1.82) is 0 Å². The molecule has 26 heavy (non-hydrogen) atoms. The van der Waals surface area contributed by atoms with Gasteiger partial charge in [-0.25, -0.2) is 4.79 Å². The lowest BCUT2D eigenvalue weighted by atomic mass is 10.0. The summed E-state index contributed by atoms with van der Waals surface area (Å²) in [5.74, 6) is 0. The molecule has 0 fully saturated rings. The number of hydrogen-bond acceptors (Lipinski definition) is 3. The Morgan fingerprint density at radius 3 is 1.04 bits per heavy atom. The van der Waals surface area contributed by atoms with Crippen molar-refractivity contribution < 1.29 is 14.3 Å². The second-order valence-corrected chi connectivity index (χ2v) is 7.71. The second kappa shape index (κ2) is 19.0. The van der Waals surface area contributed by atoms with Gasteiger partial charge in [-0.15, -0.1) is 0 Å². The highest BCUT2D eigenvalue weighted by Gasteiger charge is 2.19. The first-order valence-corrected chi connectivity index (χ1v) is 11.5. The normalized spacial score (nSPS) is 11.3. The maximum absolute atomic E-state index is 12.4. The van der Waals surface area contributed by atoms with E-state index in [9.17, 15) is 4.79 Å². The molecule has 3 nitrogen and oxygen atoms in total. The van der Waals surface area contributed by atoms with Gasteiger partial charge in [0.05, 0.1) is 0 Å². The zero-order valence-electron chi connectivity index (χ0n) is 18.2. The van der Waals surface area contributed by atoms with E-state index in [1.54, 1.807) is 0 Å². The van der Waals surface area contributed by atoms with Crippen molar-refractivity contribution in [2.75, 3.05) is 0 Å². The van der Waals surface area contributed by atoms with Crippen LogP contribution in [0.2, 0.25) is 0 Å². The molecular weight excluding hydrogens is 324 g/mol. The van der Waals surface area contributed by atoms with Crippen molar-refractivity contribution in [3.8, 4) is 0 Å². The first-order valence-electron chi connectivity index (χ1n) is 11.5. The first kappa shape index (κ1) is 25.3. The largest absolute Gasteiger partial charge is 0.508 e. The lowest BCUT2D eigenvalue weighted by Gasteiger charge is -2.21. The molecular formula is C23H46O3. The third kappa shape index (κ3) is 15.5. The molecule has 0 atom stereocenters. The number of hydrogen-bond donors (Lipinski definition) is 0. The fourth-order valence-electron chi connectivity index (χ4n) is 3.31. The first-order chi connectivity index (χ1) is 12.7. The van der Waals surface area contributed by atoms with Crippen LogP contribution < -0.4 is 0 Å². The van der Waals surface area contributed by atoms with Gasteiger partial charge in [0.25, 0.3) is 0 Å². The molecule has 0 spiro atoms. The number of carbonyl (C=O) groups excluding carboxylic acids is 1. The van der Waals surface area contributed by atoms with Crippen molar-refractivity contribution in [1.82, 2.24) is 0 Å². The highest BCUT2D eigenvalue weighted by Crippen LogP contribution is 2.18. The van der Waals surface area contributed by atoms with E-state index in [4.69, 9.17) is 9.47 Å². The van der Waals surface area contributed by atoms with Gasteiger partial charge >= 0.3 is 6.16 Å². The van der Waals surface area contributed by atoms with Crippen LogP contribution in [0, 0.1) is 0 Å². The smallest absolute Gasteiger partial charge is 0.431 e. The van der Waals surface area contributed by atoms with Gasteiger partial charge in [-0.3, -0.25) is 0 Å². The van der Waals surface area contributed by atoms with Crippen LogP contribution in [-0.2, 0) is 9.47 Å². The molecule has 0 bridgehead atoms. The molecule has 0 unspecified atom stereocenters. The predicted molar refractivity (Wildman–Crippen MR) is 112 cm³/mol. The molecule has 0 aromatic heterocycles. The van der Waals surface area contributed by atoms with Crippen LogP contribution >= 0.6 is 0 Å². The third-order valence-electron chi connectivity index (χ3n) is 5.04. The zero-order chi connectivity index (χ0) is 19.5. The number of unbranched alkanes of at least 4 members (excludes halogenated alkanes) is 8. The molecule has 0 saturated heterocycles. The van der Waals surface area contributed by atoms with Gasteiger partial charge in [0.1, 0.15) is 12.2 Å². The lowest BCUT2D eigenvalue weighted by molar-refractivity contribution is -0.0120. The van der Waals surface area contributed by atoms with Crippen LogP contribution in [0.3, 0.4) is 0 Å². The molecule has 0 aromatic carbocycles. The molecule has 0 N–H and O–H groups in total. The summed E-state index contributed by atoms with van der Waals surface area (Å²) in [7, 11) is 0. The van der Waals surface area contributed by atoms with Gasteiger partial charge in [0.15, 0.2) is 0 Å². The highest BCUT2D eigenvalue weighted by atomic mass is 16.7. The summed E-state index contributed by atoms with van der Waals surface area (Å²) in [6.07, 6.45) is 17.7. The van der Waals surface area contributed by atoms with Crippen LogP contribution in [0.5, 0.6) is 0 Å². The quantitative estimate of drug-likeness (QED) is 0.180. The summed E-state index contributed by atoms with van der Waals surface area (Å²) in [5.41, 5.74) is 0. The van der Waals surface area contributed by atoms with Crippen LogP contribution in [0.25, 0.3) is 0 Å². The Morgan fingerprint density at radius 1 is 0.538 bits per heavy atom. The fraction of sp³-hybridized carbons (Fsp3) is 0.957. The topological polar surface area (TPSA) is 35.5 Å². The molecule has 0 aromatic rings. The maximum Gasteiger partial charge on any atom is 0.508 e. The standard InChI is InChI=1S/C23H46O3/c1-5-9-13-17-21(18-14-10-6-2)25-23(24)26-22(19-15-11-7-3)20-16-12-8-4/h21-22H,5-20H2,1-4H3. The Bertz CT molecular complexity index is 256. The van der Waals surface area contributed by atoms with Crippen molar-refractivity contribution in [2.24, 2.45) is 0 Å². The molecule has 0 aliphatic rings. The van der Waals surface area contributed by atoms with Crippen LogP contribution in [0.1, 0.15) is 130 Å².